The van der Waals surface area contributed by atoms with Crippen molar-refractivity contribution >= 4 is 16.9 Å². The average Bonchev–Trinajstić information content (AvgIpc) is 2.86. The Bertz CT molecular complexity index is 673. The third-order valence-electron chi connectivity index (χ3n) is 4.03. The summed E-state index contributed by atoms with van der Waals surface area (Å²) < 4.78 is 1.80. The van der Waals surface area contributed by atoms with Crippen LogP contribution in [-0.2, 0) is 6.54 Å². The van der Waals surface area contributed by atoms with Gasteiger partial charge in [-0.3, -0.25) is 4.79 Å². The topological polar surface area (TPSA) is 71.2 Å². The van der Waals surface area contributed by atoms with Crippen molar-refractivity contribution < 1.29 is 9.90 Å². The van der Waals surface area contributed by atoms with Gasteiger partial charge in [0.25, 0.3) is 5.91 Å². The Morgan fingerprint density at radius 2 is 2.14 bits per heavy atom. The SMILES string of the molecule is CCCC1(O)CN(C(=O)c2ccc3c(c2)nnn3CC)C1. The maximum atomic E-state index is 12.4. The van der Waals surface area contributed by atoms with Crippen molar-refractivity contribution in [1.29, 1.82) is 0 Å². The Morgan fingerprint density at radius 3 is 2.81 bits per heavy atom. The Morgan fingerprint density at radius 1 is 1.38 bits per heavy atom. The molecule has 1 aromatic heterocycles. The summed E-state index contributed by atoms with van der Waals surface area (Å²) in [6.07, 6.45) is 1.66. The second-order valence-electron chi connectivity index (χ2n) is 5.74. The van der Waals surface area contributed by atoms with Crippen molar-refractivity contribution in [2.45, 2.75) is 38.8 Å². The van der Waals surface area contributed by atoms with Crippen molar-refractivity contribution in [3.63, 3.8) is 0 Å². The molecule has 2 heterocycles. The van der Waals surface area contributed by atoms with Gasteiger partial charge in [0.1, 0.15) is 5.52 Å². The highest BCUT2D eigenvalue weighted by atomic mass is 16.3. The Balaban J connectivity index is 1.77. The van der Waals surface area contributed by atoms with Gasteiger partial charge >= 0.3 is 0 Å². The molecule has 21 heavy (non-hydrogen) atoms. The van der Waals surface area contributed by atoms with Gasteiger partial charge in [-0.25, -0.2) is 4.68 Å². The van der Waals surface area contributed by atoms with Crippen LogP contribution in [0, 0.1) is 0 Å². The first-order chi connectivity index (χ1) is 10.1. The zero-order chi connectivity index (χ0) is 15.0. The summed E-state index contributed by atoms with van der Waals surface area (Å²) in [6.45, 7) is 5.62. The summed E-state index contributed by atoms with van der Waals surface area (Å²) in [4.78, 5) is 14.1. The third kappa shape index (κ3) is 2.40. The molecular formula is C15H20N4O2. The molecule has 6 nitrogen and oxygen atoms in total. The van der Waals surface area contributed by atoms with Gasteiger partial charge in [-0.05, 0) is 31.5 Å². The van der Waals surface area contributed by atoms with Crippen LogP contribution in [0.2, 0.25) is 0 Å². The standard InChI is InChI=1S/C15H20N4O2/c1-3-7-15(21)9-18(10-15)14(20)11-5-6-13-12(8-11)16-17-19(13)4-2/h5-6,8,21H,3-4,7,9-10H2,1-2H3. The van der Waals surface area contributed by atoms with Crippen LogP contribution < -0.4 is 0 Å². The zero-order valence-corrected chi connectivity index (χ0v) is 12.4. The van der Waals surface area contributed by atoms with Gasteiger partial charge < -0.3 is 10.0 Å². The number of carbonyl (C=O) groups is 1. The molecule has 0 aliphatic carbocycles. The van der Waals surface area contributed by atoms with Crippen LogP contribution >= 0.6 is 0 Å². The maximum absolute atomic E-state index is 12.4. The molecule has 1 saturated heterocycles. The molecule has 0 atom stereocenters. The zero-order valence-electron chi connectivity index (χ0n) is 12.4. The first kappa shape index (κ1) is 14.0. The number of nitrogens with zero attached hydrogens (tertiary/aromatic N) is 4. The number of hydrogen-bond donors (Lipinski definition) is 1. The fourth-order valence-corrected chi connectivity index (χ4v) is 2.95. The van der Waals surface area contributed by atoms with Crippen molar-refractivity contribution in [1.82, 2.24) is 19.9 Å². The van der Waals surface area contributed by atoms with Crippen molar-refractivity contribution in [3.8, 4) is 0 Å². The summed E-state index contributed by atoms with van der Waals surface area (Å²) in [5.74, 6) is -0.0521. The number of amides is 1. The van der Waals surface area contributed by atoms with E-state index in [2.05, 4.69) is 10.3 Å². The van der Waals surface area contributed by atoms with E-state index in [1.54, 1.807) is 21.7 Å². The van der Waals surface area contributed by atoms with Crippen molar-refractivity contribution in [2.24, 2.45) is 0 Å². The van der Waals surface area contributed by atoms with Crippen molar-refractivity contribution in [3.05, 3.63) is 23.8 Å². The molecule has 0 unspecified atom stereocenters. The Labute approximate surface area is 123 Å². The van der Waals surface area contributed by atoms with E-state index in [1.165, 1.54) is 0 Å². The Kier molecular flexibility index (Phi) is 3.41. The number of likely N-dealkylation sites (tertiary alicyclic amines) is 1. The lowest BCUT2D eigenvalue weighted by Crippen LogP contribution is -2.63. The highest BCUT2D eigenvalue weighted by Gasteiger charge is 2.42. The van der Waals surface area contributed by atoms with Crippen LogP contribution in [-0.4, -0.2) is 49.6 Å². The number of aromatic nitrogens is 3. The van der Waals surface area contributed by atoms with E-state index in [0.717, 1.165) is 30.4 Å². The van der Waals surface area contributed by atoms with Gasteiger partial charge in [0.2, 0.25) is 0 Å². The molecule has 1 N–H and O–H groups in total. The molecule has 0 spiro atoms. The number of aryl methyl sites for hydroxylation is 1. The number of fused-ring (bicyclic) bond motifs is 1. The van der Waals surface area contributed by atoms with E-state index in [9.17, 15) is 9.90 Å². The number of carbonyl (C=O) groups excluding carboxylic acids is 1. The van der Waals surface area contributed by atoms with Gasteiger partial charge in [-0.2, -0.15) is 0 Å². The first-order valence-corrected chi connectivity index (χ1v) is 7.41. The molecule has 1 fully saturated rings. The minimum atomic E-state index is -0.695. The van der Waals surface area contributed by atoms with Crippen LogP contribution in [0.5, 0.6) is 0 Å². The predicted molar refractivity (Wildman–Crippen MR) is 79.0 cm³/mol. The van der Waals surface area contributed by atoms with Crippen LogP contribution in [0.25, 0.3) is 11.0 Å². The second-order valence-corrected chi connectivity index (χ2v) is 5.74. The van der Waals surface area contributed by atoms with Gasteiger partial charge in [0.05, 0.1) is 24.2 Å². The number of aliphatic hydroxyl groups is 1. The summed E-state index contributed by atoms with van der Waals surface area (Å²) in [6, 6.07) is 5.45. The van der Waals surface area contributed by atoms with Gasteiger partial charge in [0, 0.05) is 12.1 Å². The highest BCUT2D eigenvalue weighted by molar-refractivity contribution is 5.97. The minimum Gasteiger partial charge on any atom is -0.386 e. The fraction of sp³-hybridized carbons (Fsp3) is 0.533. The lowest BCUT2D eigenvalue weighted by Gasteiger charge is -2.46. The van der Waals surface area contributed by atoms with E-state index in [4.69, 9.17) is 0 Å². The molecular weight excluding hydrogens is 268 g/mol. The van der Waals surface area contributed by atoms with Crippen molar-refractivity contribution in [2.75, 3.05) is 13.1 Å². The third-order valence-corrected chi connectivity index (χ3v) is 4.03. The monoisotopic (exact) mass is 288 g/mol. The molecule has 0 radical (unpaired) electrons. The smallest absolute Gasteiger partial charge is 0.254 e. The summed E-state index contributed by atoms with van der Waals surface area (Å²) >= 11 is 0. The molecule has 3 rings (SSSR count). The largest absolute Gasteiger partial charge is 0.386 e. The maximum Gasteiger partial charge on any atom is 0.254 e. The molecule has 0 bridgehead atoms. The quantitative estimate of drug-likeness (QED) is 0.924. The lowest BCUT2D eigenvalue weighted by molar-refractivity contribution is -0.0860. The predicted octanol–water partition coefficient (Wildman–Crippen LogP) is 1.44. The molecule has 112 valence electrons. The van der Waals surface area contributed by atoms with Crippen LogP contribution in [0.4, 0.5) is 0 Å². The Hall–Kier alpha value is -1.95. The van der Waals surface area contributed by atoms with E-state index >= 15 is 0 Å². The van der Waals surface area contributed by atoms with Gasteiger partial charge in [-0.1, -0.05) is 18.6 Å². The van der Waals surface area contributed by atoms with Crippen LogP contribution in [0.3, 0.4) is 0 Å². The molecule has 1 aromatic carbocycles. The normalized spacial score (nSPS) is 17.0. The summed E-state index contributed by atoms with van der Waals surface area (Å²) in [7, 11) is 0. The molecule has 1 amide bonds. The molecule has 0 saturated carbocycles. The number of β-amino-alcohol motifs (C(OH)–C–C–N with tert-alkyl or cyclic N) is 1. The van der Waals surface area contributed by atoms with Gasteiger partial charge in [0.15, 0.2) is 0 Å². The van der Waals surface area contributed by atoms with E-state index in [1.807, 2.05) is 19.9 Å². The first-order valence-electron chi connectivity index (χ1n) is 7.41. The number of hydrogen-bond acceptors (Lipinski definition) is 4. The molecule has 1 aliphatic rings. The van der Waals surface area contributed by atoms with E-state index in [-0.39, 0.29) is 5.91 Å². The minimum absolute atomic E-state index is 0.0521. The number of rotatable bonds is 4. The van der Waals surface area contributed by atoms with Crippen LogP contribution in [0.1, 0.15) is 37.0 Å². The number of benzene rings is 1. The molecule has 1 aliphatic heterocycles. The van der Waals surface area contributed by atoms with E-state index in [0.29, 0.717) is 18.7 Å². The molecule has 2 aromatic rings. The lowest BCUT2D eigenvalue weighted by atomic mass is 9.89. The summed E-state index contributed by atoms with van der Waals surface area (Å²) in [5.41, 5.74) is 1.57. The highest BCUT2D eigenvalue weighted by Crippen LogP contribution is 2.27. The van der Waals surface area contributed by atoms with Crippen LogP contribution in [0.15, 0.2) is 18.2 Å². The summed E-state index contributed by atoms with van der Waals surface area (Å²) in [5, 5.41) is 18.3. The fourth-order valence-electron chi connectivity index (χ4n) is 2.95. The average molecular weight is 288 g/mol. The van der Waals surface area contributed by atoms with E-state index < -0.39 is 5.60 Å². The van der Waals surface area contributed by atoms with Gasteiger partial charge in [-0.15, -0.1) is 5.10 Å². The second kappa shape index (κ2) is 5.11. The molecule has 6 heteroatoms.